The number of hydrogen-bond donors (Lipinski definition) is 1. The van der Waals surface area contributed by atoms with Crippen molar-refractivity contribution in [3.63, 3.8) is 0 Å². The number of aliphatic hydroxyl groups is 1. The third kappa shape index (κ3) is 2.84. The number of ether oxygens (including phenoxy) is 1. The first-order valence-corrected chi connectivity index (χ1v) is 5.30. The fraction of sp³-hybridized carbons (Fsp3) is 0.0714. The maximum absolute atomic E-state index is 12.7. The lowest BCUT2D eigenvalue weighted by Gasteiger charge is -2.08. The van der Waals surface area contributed by atoms with Gasteiger partial charge in [-0.05, 0) is 42.0 Å². The molecule has 90 valence electrons. The van der Waals surface area contributed by atoms with Crippen LogP contribution in [0, 0.1) is 17.1 Å². The molecule has 0 fully saturated rings. The summed E-state index contributed by atoms with van der Waals surface area (Å²) in [5.41, 5.74) is 0.456. The Morgan fingerprint density at radius 1 is 1.11 bits per heavy atom. The molecule has 2 rings (SSSR count). The minimum atomic E-state index is -1.18. The Kier molecular flexibility index (Phi) is 3.56. The molecule has 0 aliphatic carbocycles. The van der Waals surface area contributed by atoms with E-state index >= 15 is 0 Å². The molecular weight excluding hydrogens is 233 g/mol. The molecule has 2 aromatic rings. The number of aliphatic hydroxyl groups excluding tert-OH is 1. The predicted molar refractivity (Wildman–Crippen MR) is 63.5 cm³/mol. The van der Waals surface area contributed by atoms with Crippen LogP contribution < -0.4 is 4.74 Å². The summed E-state index contributed by atoms with van der Waals surface area (Å²) in [6, 6.07) is 13.9. The summed E-state index contributed by atoms with van der Waals surface area (Å²) >= 11 is 0. The smallest absolute Gasteiger partial charge is 0.166 e. The maximum atomic E-state index is 12.7. The zero-order valence-corrected chi connectivity index (χ0v) is 9.38. The van der Waals surface area contributed by atoms with Gasteiger partial charge in [0.25, 0.3) is 0 Å². The van der Waals surface area contributed by atoms with Gasteiger partial charge in [0, 0.05) is 0 Å². The van der Waals surface area contributed by atoms with Crippen LogP contribution in [-0.4, -0.2) is 5.11 Å². The quantitative estimate of drug-likeness (QED) is 0.842. The van der Waals surface area contributed by atoms with Crippen LogP contribution in [0.3, 0.4) is 0 Å². The second kappa shape index (κ2) is 5.30. The highest BCUT2D eigenvalue weighted by molar-refractivity contribution is 5.35. The number of halogens is 1. The Labute approximate surface area is 104 Å². The van der Waals surface area contributed by atoms with Gasteiger partial charge < -0.3 is 9.84 Å². The van der Waals surface area contributed by atoms with Crippen molar-refractivity contribution in [2.45, 2.75) is 6.10 Å². The monoisotopic (exact) mass is 243 g/mol. The largest absolute Gasteiger partial charge is 0.457 e. The normalized spacial score (nSPS) is 11.6. The van der Waals surface area contributed by atoms with Gasteiger partial charge in [-0.25, -0.2) is 4.39 Å². The van der Waals surface area contributed by atoms with Crippen LogP contribution in [0.15, 0.2) is 48.5 Å². The lowest BCUT2D eigenvalue weighted by Crippen LogP contribution is -1.93. The Morgan fingerprint density at radius 3 is 2.50 bits per heavy atom. The Balaban J connectivity index is 2.19. The van der Waals surface area contributed by atoms with Crippen molar-refractivity contribution in [2.75, 3.05) is 0 Å². The molecule has 3 nitrogen and oxygen atoms in total. The van der Waals surface area contributed by atoms with Gasteiger partial charge in [-0.1, -0.05) is 12.1 Å². The van der Waals surface area contributed by atoms with Crippen LogP contribution in [0.5, 0.6) is 11.5 Å². The molecule has 0 aliphatic heterocycles. The topological polar surface area (TPSA) is 53.2 Å². The van der Waals surface area contributed by atoms with Gasteiger partial charge in [-0.15, -0.1) is 0 Å². The summed E-state index contributed by atoms with van der Waals surface area (Å²) in [7, 11) is 0. The van der Waals surface area contributed by atoms with Crippen LogP contribution in [-0.2, 0) is 0 Å². The number of rotatable bonds is 3. The minimum absolute atomic E-state index is 0.337. The summed E-state index contributed by atoms with van der Waals surface area (Å²) in [5, 5.41) is 18.0. The van der Waals surface area contributed by atoms with E-state index in [0.29, 0.717) is 17.1 Å². The van der Waals surface area contributed by atoms with E-state index in [1.807, 2.05) is 0 Å². The van der Waals surface area contributed by atoms with E-state index in [1.165, 1.54) is 24.3 Å². The molecule has 0 bridgehead atoms. The molecule has 18 heavy (non-hydrogen) atoms. The first-order chi connectivity index (χ1) is 8.69. The molecule has 0 spiro atoms. The number of benzene rings is 2. The average Bonchev–Trinajstić information content (AvgIpc) is 2.41. The molecule has 1 N–H and O–H groups in total. The van der Waals surface area contributed by atoms with Crippen molar-refractivity contribution >= 4 is 0 Å². The fourth-order valence-electron chi connectivity index (χ4n) is 1.46. The van der Waals surface area contributed by atoms with Crippen molar-refractivity contribution in [3.05, 3.63) is 59.9 Å². The molecule has 0 saturated carbocycles. The van der Waals surface area contributed by atoms with E-state index in [0.717, 1.165) is 0 Å². The van der Waals surface area contributed by atoms with Crippen molar-refractivity contribution in [3.8, 4) is 17.6 Å². The molecule has 0 saturated heterocycles. The standard InChI is InChI=1S/C14H10FNO2/c15-11-4-6-12(7-5-11)18-13-3-1-2-10(8-13)14(17)9-16/h1-8,14,17H/t14-/m0/s1. The van der Waals surface area contributed by atoms with Gasteiger partial charge in [0.15, 0.2) is 6.10 Å². The molecule has 0 amide bonds. The molecule has 1 atom stereocenters. The number of nitriles is 1. The van der Waals surface area contributed by atoms with Gasteiger partial charge in [-0.3, -0.25) is 0 Å². The Morgan fingerprint density at radius 2 is 1.83 bits per heavy atom. The lowest BCUT2D eigenvalue weighted by atomic mass is 10.1. The van der Waals surface area contributed by atoms with Gasteiger partial charge in [0.1, 0.15) is 17.3 Å². The lowest BCUT2D eigenvalue weighted by molar-refractivity contribution is 0.235. The Hall–Kier alpha value is -2.38. The number of nitrogens with zero attached hydrogens (tertiary/aromatic N) is 1. The summed E-state index contributed by atoms with van der Waals surface area (Å²) < 4.78 is 18.2. The molecule has 0 unspecified atom stereocenters. The SMILES string of the molecule is N#C[C@H](O)c1cccc(Oc2ccc(F)cc2)c1. The molecule has 2 aromatic carbocycles. The van der Waals surface area contributed by atoms with E-state index in [1.54, 1.807) is 30.3 Å². The predicted octanol–water partition coefficient (Wildman–Crippen LogP) is 3.17. The fourth-order valence-corrected chi connectivity index (χ4v) is 1.46. The zero-order chi connectivity index (χ0) is 13.0. The van der Waals surface area contributed by atoms with E-state index in [-0.39, 0.29) is 5.82 Å². The third-order valence-corrected chi connectivity index (χ3v) is 2.35. The third-order valence-electron chi connectivity index (χ3n) is 2.35. The van der Waals surface area contributed by atoms with E-state index in [4.69, 9.17) is 10.00 Å². The molecular formula is C14H10FNO2. The second-order valence-corrected chi connectivity index (χ2v) is 3.66. The van der Waals surface area contributed by atoms with E-state index in [2.05, 4.69) is 0 Å². The van der Waals surface area contributed by atoms with Crippen molar-refractivity contribution in [1.82, 2.24) is 0 Å². The van der Waals surface area contributed by atoms with Crippen molar-refractivity contribution in [2.24, 2.45) is 0 Å². The molecule has 0 radical (unpaired) electrons. The van der Waals surface area contributed by atoms with Crippen molar-refractivity contribution in [1.29, 1.82) is 5.26 Å². The highest BCUT2D eigenvalue weighted by atomic mass is 19.1. The van der Waals surface area contributed by atoms with Crippen LogP contribution >= 0.6 is 0 Å². The van der Waals surface area contributed by atoms with Crippen LogP contribution in [0.1, 0.15) is 11.7 Å². The second-order valence-electron chi connectivity index (χ2n) is 3.66. The highest BCUT2D eigenvalue weighted by Crippen LogP contribution is 2.24. The molecule has 4 heteroatoms. The first-order valence-electron chi connectivity index (χ1n) is 5.30. The van der Waals surface area contributed by atoms with Gasteiger partial charge in [-0.2, -0.15) is 5.26 Å². The minimum Gasteiger partial charge on any atom is -0.457 e. The molecule has 0 aromatic heterocycles. The number of hydrogen-bond acceptors (Lipinski definition) is 3. The molecule has 0 aliphatic rings. The Bertz CT molecular complexity index is 575. The summed E-state index contributed by atoms with van der Waals surface area (Å²) in [4.78, 5) is 0. The van der Waals surface area contributed by atoms with Gasteiger partial charge in [0.05, 0.1) is 6.07 Å². The van der Waals surface area contributed by atoms with Gasteiger partial charge >= 0.3 is 0 Å². The highest BCUT2D eigenvalue weighted by Gasteiger charge is 2.06. The summed E-state index contributed by atoms with van der Waals surface area (Å²) in [6.07, 6.45) is -1.18. The summed E-state index contributed by atoms with van der Waals surface area (Å²) in [5.74, 6) is 0.629. The van der Waals surface area contributed by atoms with E-state index < -0.39 is 6.10 Å². The molecule has 0 heterocycles. The zero-order valence-electron chi connectivity index (χ0n) is 9.38. The average molecular weight is 243 g/mol. The van der Waals surface area contributed by atoms with Gasteiger partial charge in [0.2, 0.25) is 0 Å². The maximum Gasteiger partial charge on any atom is 0.166 e. The van der Waals surface area contributed by atoms with Crippen LogP contribution in [0.2, 0.25) is 0 Å². The van der Waals surface area contributed by atoms with Crippen molar-refractivity contribution < 1.29 is 14.2 Å². The van der Waals surface area contributed by atoms with E-state index in [9.17, 15) is 9.50 Å². The van der Waals surface area contributed by atoms with Crippen LogP contribution in [0.25, 0.3) is 0 Å². The van der Waals surface area contributed by atoms with Crippen LogP contribution in [0.4, 0.5) is 4.39 Å². The first kappa shape index (κ1) is 12.1. The summed E-state index contributed by atoms with van der Waals surface area (Å²) in [6.45, 7) is 0.